The zero-order valence-electron chi connectivity index (χ0n) is 23.1. The van der Waals surface area contributed by atoms with Gasteiger partial charge in [0, 0.05) is 31.2 Å². The lowest BCUT2D eigenvalue weighted by Crippen LogP contribution is -2.50. The Balaban J connectivity index is 1.56. The molecule has 1 N–H and O–H groups in total. The first kappa shape index (κ1) is 26.6. The van der Waals surface area contributed by atoms with Crippen molar-refractivity contribution >= 4 is 5.69 Å². The summed E-state index contributed by atoms with van der Waals surface area (Å²) in [5.41, 5.74) is 6.80. The lowest BCUT2D eigenvalue weighted by Gasteiger charge is -2.55. The minimum absolute atomic E-state index is 0.179. The molecule has 3 atom stereocenters. The summed E-state index contributed by atoms with van der Waals surface area (Å²) in [5, 5.41) is 3.66. The van der Waals surface area contributed by atoms with Gasteiger partial charge >= 0.3 is 0 Å². The molecule has 36 heavy (non-hydrogen) atoms. The van der Waals surface area contributed by atoms with Crippen molar-refractivity contribution in [3.05, 3.63) is 58.7 Å². The summed E-state index contributed by atoms with van der Waals surface area (Å²) in [4.78, 5) is 0. The van der Waals surface area contributed by atoms with Crippen LogP contribution in [0.25, 0.3) is 0 Å². The van der Waals surface area contributed by atoms with Crippen molar-refractivity contribution in [1.82, 2.24) is 0 Å². The van der Waals surface area contributed by atoms with Crippen molar-refractivity contribution in [3.8, 4) is 17.6 Å². The largest absolute Gasteiger partial charge is 0.496 e. The van der Waals surface area contributed by atoms with Crippen molar-refractivity contribution in [1.29, 1.82) is 0 Å². The van der Waals surface area contributed by atoms with Crippen LogP contribution in [-0.2, 0) is 23.1 Å². The van der Waals surface area contributed by atoms with Crippen molar-refractivity contribution < 1.29 is 9.47 Å². The molecule has 0 bridgehead atoms. The fraction of sp³-hybridized carbons (Fsp3) is 0.576. The predicted molar refractivity (Wildman–Crippen MR) is 151 cm³/mol. The van der Waals surface area contributed by atoms with E-state index in [-0.39, 0.29) is 10.8 Å². The van der Waals surface area contributed by atoms with E-state index in [1.54, 1.807) is 7.11 Å². The average Bonchev–Trinajstić information content (AvgIpc) is 2.87. The van der Waals surface area contributed by atoms with Crippen molar-refractivity contribution in [2.45, 2.75) is 90.5 Å². The standard InChI is InChI=1S/C33H45NO2/c1-6-7-8-9-10-14-25-15-11-12-16-29(25)34-23-27-21-26-17-18-31-32(2,24-35-4)19-13-20-33(31,3)28(26)22-30(27)36-5/h11-12,15-16,21-22,31,34H,6-9,13,17-20,23-24H2,1-5H3/t31-,32+,33+/m0/s1. The highest BCUT2D eigenvalue weighted by Gasteiger charge is 2.51. The van der Waals surface area contributed by atoms with Crippen LogP contribution >= 0.6 is 0 Å². The SMILES string of the molecule is CCCCCC#Cc1ccccc1NCc1cc2c(cc1OC)[C@@]1(C)CCC[C@](C)(COC)[C@@H]1CC2. The number of anilines is 1. The van der Waals surface area contributed by atoms with Crippen LogP contribution in [0.1, 0.15) is 94.4 Å². The van der Waals surface area contributed by atoms with Gasteiger partial charge in [-0.1, -0.05) is 70.1 Å². The number of benzene rings is 2. The molecule has 194 valence electrons. The summed E-state index contributed by atoms with van der Waals surface area (Å²) in [6, 6.07) is 13.2. The van der Waals surface area contributed by atoms with Crippen LogP contribution in [0, 0.1) is 23.2 Å². The first-order valence-electron chi connectivity index (χ1n) is 14.0. The van der Waals surface area contributed by atoms with E-state index in [9.17, 15) is 0 Å². The molecule has 0 saturated heterocycles. The van der Waals surface area contributed by atoms with E-state index in [0.29, 0.717) is 5.92 Å². The molecule has 2 aliphatic carbocycles. The number of hydrogen-bond donors (Lipinski definition) is 1. The summed E-state index contributed by atoms with van der Waals surface area (Å²) in [5.74, 6) is 8.38. The van der Waals surface area contributed by atoms with E-state index in [1.807, 2.05) is 7.11 Å². The zero-order chi connectivity index (χ0) is 25.6. The summed E-state index contributed by atoms with van der Waals surface area (Å²) in [7, 11) is 3.66. The third kappa shape index (κ3) is 5.45. The Labute approximate surface area is 219 Å². The molecule has 0 unspecified atom stereocenters. The highest BCUT2D eigenvalue weighted by Crippen LogP contribution is 2.57. The molecule has 0 aliphatic heterocycles. The van der Waals surface area contributed by atoms with Gasteiger partial charge in [-0.25, -0.2) is 0 Å². The number of para-hydroxylation sites is 1. The number of nitrogens with one attached hydrogen (secondary N) is 1. The van der Waals surface area contributed by atoms with Gasteiger partial charge in [0.1, 0.15) is 5.75 Å². The van der Waals surface area contributed by atoms with Crippen LogP contribution < -0.4 is 10.1 Å². The van der Waals surface area contributed by atoms with Crippen LogP contribution in [0.5, 0.6) is 5.75 Å². The van der Waals surface area contributed by atoms with Crippen LogP contribution in [0.4, 0.5) is 5.69 Å². The summed E-state index contributed by atoms with van der Waals surface area (Å²) >= 11 is 0. The highest BCUT2D eigenvalue weighted by molar-refractivity contribution is 5.60. The van der Waals surface area contributed by atoms with Gasteiger partial charge in [-0.3, -0.25) is 0 Å². The summed E-state index contributed by atoms with van der Waals surface area (Å²) in [6.07, 6.45) is 10.7. The normalized spacial score (nSPS) is 24.8. The number of methoxy groups -OCH3 is 2. The Kier molecular flexibility index (Phi) is 8.68. The van der Waals surface area contributed by atoms with Crippen LogP contribution in [-0.4, -0.2) is 20.8 Å². The maximum absolute atomic E-state index is 5.96. The molecular formula is C33H45NO2. The van der Waals surface area contributed by atoms with E-state index >= 15 is 0 Å². The lowest BCUT2D eigenvalue weighted by atomic mass is 9.50. The Morgan fingerprint density at radius 1 is 1.08 bits per heavy atom. The van der Waals surface area contributed by atoms with Crippen molar-refractivity contribution in [3.63, 3.8) is 0 Å². The van der Waals surface area contributed by atoms with Crippen LogP contribution in [0.15, 0.2) is 36.4 Å². The monoisotopic (exact) mass is 487 g/mol. The second-order valence-corrected chi connectivity index (χ2v) is 11.4. The molecule has 3 heteroatoms. The molecule has 2 aromatic carbocycles. The van der Waals surface area contributed by atoms with Gasteiger partial charge in [-0.15, -0.1) is 0 Å². The van der Waals surface area contributed by atoms with E-state index in [2.05, 4.69) is 74.3 Å². The molecular weight excluding hydrogens is 442 g/mol. The minimum Gasteiger partial charge on any atom is -0.496 e. The van der Waals surface area contributed by atoms with Crippen LogP contribution in [0.3, 0.4) is 0 Å². The number of aryl methyl sites for hydroxylation is 1. The second kappa shape index (κ2) is 11.7. The third-order valence-electron chi connectivity index (χ3n) is 8.88. The van der Waals surface area contributed by atoms with E-state index in [1.165, 1.54) is 61.6 Å². The zero-order valence-corrected chi connectivity index (χ0v) is 23.1. The molecule has 0 heterocycles. The Hall–Kier alpha value is -2.44. The molecule has 2 aromatic rings. The van der Waals surface area contributed by atoms with Gasteiger partial charge in [-0.05, 0) is 78.2 Å². The highest BCUT2D eigenvalue weighted by atomic mass is 16.5. The number of ether oxygens (including phenoxy) is 2. The van der Waals surface area contributed by atoms with Crippen molar-refractivity contribution in [2.24, 2.45) is 11.3 Å². The fourth-order valence-electron chi connectivity index (χ4n) is 7.07. The van der Waals surface area contributed by atoms with Gasteiger partial charge in [0.05, 0.1) is 19.4 Å². The molecule has 3 nitrogen and oxygen atoms in total. The third-order valence-corrected chi connectivity index (χ3v) is 8.88. The summed E-state index contributed by atoms with van der Waals surface area (Å²) in [6.45, 7) is 8.75. The minimum atomic E-state index is 0.179. The Morgan fingerprint density at radius 2 is 1.92 bits per heavy atom. The van der Waals surface area contributed by atoms with Gasteiger partial charge in [0.15, 0.2) is 0 Å². The molecule has 1 fully saturated rings. The number of unbranched alkanes of at least 4 members (excludes halogenated alkanes) is 3. The predicted octanol–water partition coefficient (Wildman–Crippen LogP) is 7.90. The quantitative estimate of drug-likeness (QED) is 0.288. The van der Waals surface area contributed by atoms with Gasteiger partial charge < -0.3 is 14.8 Å². The maximum atomic E-state index is 5.96. The molecule has 0 amide bonds. The summed E-state index contributed by atoms with van der Waals surface area (Å²) < 4.78 is 11.7. The number of fused-ring (bicyclic) bond motifs is 3. The van der Waals surface area contributed by atoms with Crippen LogP contribution in [0.2, 0.25) is 0 Å². The second-order valence-electron chi connectivity index (χ2n) is 11.4. The van der Waals surface area contributed by atoms with E-state index in [4.69, 9.17) is 9.47 Å². The van der Waals surface area contributed by atoms with E-state index in [0.717, 1.165) is 43.0 Å². The Morgan fingerprint density at radius 3 is 2.69 bits per heavy atom. The smallest absolute Gasteiger partial charge is 0.124 e. The Bertz CT molecular complexity index is 1090. The number of rotatable bonds is 9. The maximum Gasteiger partial charge on any atom is 0.124 e. The fourth-order valence-corrected chi connectivity index (χ4v) is 7.07. The first-order valence-corrected chi connectivity index (χ1v) is 14.0. The molecule has 0 radical (unpaired) electrons. The lowest BCUT2D eigenvalue weighted by molar-refractivity contribution is -0.0325. The molecule has 2 aliphatic rings. The molecule has 0 spiro atoms. The van der Waals surface area contributed by atoms with Gasteiger partial charge in [0.25, 0.3) is 0 Å². The average molecular weight is 488 g/mol. The molecule has 1 saturated carbocycles. The van der Waals surface area contributed by atoms with Gasteiger partial charge in [-0.2, -0.15) is 0 Å². The first-order chi connectivity index (χ1) is 17.4. The van der Waals surface area contributed by atoms with E-state index < -0.39 is 0 Å². The topological polar surface area (TPSA) is 30.5 Å². The molecule has 4 rings (SSSR count). The number of hydrogen-bond acceptors (Lipinski definition) is 3. The molecule has 0 aromatic heterocycles. The van der Waals surface area contributed by atoms with Gasteiger partial charge in [0.2, 0.25) is 0 Å². The van der Waals surface area contributed by atoms with Crippen molar-refractivity contribution in [2.75, 3.05) is 26.1 Å².